The smallest absolute Gasteiger partial charge is 0.417 e. The number of β-amino-alcohol motifs (C(OH)–C–C–N with tert-alkyl or cyclic N) is 1. The van der Waals surface area contributed by atoms with Crippen LogP contribution >= 0.6 is 23.6 Å². The molecule has 20 heteroatoms. The van der Waals surface area contributed by atoms with Crippen molar-refractivity contribution in [3.63, 3.8) is 0 Å². The standard InChI is InChI=1S/C53H64F3N7O8S2/c1-33-44(73-32-59-33)35-12-10-34(11-13-35)29-58-46(66)42-27-39(64)30-61(42)47(67)45(50(2,3)4)60-43(65)31-70-23-9-22-69-24-20-51(5,6)21-25-71-40-18-16-37(17-19-40)63-49(72)62(48(68)52(63,7)8)38-15-14-36(28-57)41(26-38)53(54,55)56/h10-19,26,32,39,42,45,64H,9,20-25,27,29-31H2,1-8H3,(H,58,66)(H,60,65)/t39-,42+,45?/m1/s1. The van der Waals surface area contributed by atoms with Crippen molar-refractivity contribution in [1.29, 1.82) is 5.26 Å². The Balaban J connectivity index is 0.880. The predicted molar refractivity (Wildman–Crippen MR) is 276 cm³/mol. The van der Waals surface area contributed by atoms with Gasteiger partial charge in [-0.3, -0.25) is 24.1 Å². The van der Waals surface area contributed by atoms with E-state index >= 15 is 0 Å². The number of aliphatic hydroxyl groups excluding tert-OH is 1. The first-order chi connectivity index (χ1) is 34.3. The van der Waals surface area contributed by atoms with Crippen LogP contribution < -0.4 is 25.2 Å². The molecule has 4 amide bonds. The maximum atomic E-state index is 14.0. The van der Waals surface area contributed by atoms with Gasteiger partial charge in [0.25, 0.3) is 5.91 Å². The number of nitrogens with one attached hydrogen (secondary N) is 2. The molecule has 392 valence electrons. The lowest BCUT2D eigenvalue weighted by Crippen LogP contribution is -2.58. The predicted octanol–water partition coefficient (Wildman–Crippen LogP) is 8.34. The molecule has 2 aliphatic heterocycles. The number of likely N-dealkylation sites (tertiary alicyclic amines) is 1. The number of anilines is 2. The van der Waals surface area contributed by atoms with Gasteiger partial charge in [-0.05, 0) is 117 Å². The van der Waals surface area contributed by atoms with E-state index in [0.717, 1.165) is 45.2 Å². The quantitative estimate of drug-likeness (QED) is 0.0536. The molecular weight excluding hydrogens is 984 g/mol. The number of ether oxygens (including phenoxy) is 3. The molecule has 0 bridgehead atoms. The lowest BCUT2D eigenvalue weighted by atomic mass is 9.85. The first-order valence-electron chi connectivity index (χ1n) is 24.1. The van der Waals surface area contributed by atoms with Gasteiger partial charge in [0.2, 0.25) is 17.7 Å². The number of aromatic nitrogens is 1. The Morgan fingerprint density at radius 3 is 2.25 bits per heavy atom. The van der Waals surface area contributed by atoms with Crippen molar-refractivity contribution >= 4 is 63.7 Å². The van der Waals surface area contributed by atoms with Gasteiger partial charge in [0.1, 0.15) is 30.0 Å². The zero-order valence-electron chi connectivity index (χ0n) is 42.4. The SMILES string of the molecule is Cc1ncsc1-c1ccc(CNC(=O)[C@@H]2C[C@@H](O)CN2C(=O)C(NC(=O)COCCCOCCC(C)(C)CCOc2ccc(N3C(=S)N(c4ccc(C#N)c(C(F)(F)F)c4)C(=O)C3(C)C)cc2)C(C)(C)C)cc1. The molecule has 3 N–H and O–H groups in total. The van der Waals surface area contributed by atoms with E-state index in [1.54, 1.807) is 65.9 Å². The highest BCUT2D eigenvalue weighted by molar-refractivity contribution is 7.81. The van der Waals surface area contributed by atoms with Crippen molar-refractivity contribution in [3.05, 3.63) is 94.6 Å². The van der Waals surface area contributed by atoms with Crippen LogP contribution in [-0.2, 0) is 41.4 Å². The number of amides is 4. The van der Waals surface area contributed by atoms with Gasteiger partial charge in [-0.25, -0.2) is 4.98 Å². The highest BCUT2D eigenvalue weighted by atomic mass is 32.1. The second kappa shape index (κ2) is 23.5. The van der Waals surface area contributed by atoms with Crippen molar-refractivity contribution in [2.45, 2.75) is 118 Å². The van der Waals surface area contributed by atoms with Crippen LogP contribution in [0.3, 0.4) is 0 Å². The van der Waals surface area contributed by atoms with Crippen molar-refractivity contribution < 1.29 is 51.7 Å². The Bertz CT molecular complexity index is 2660. The van der Waals surface area contributed by atoms with E-state index in [4.69, 9.17) is 26.4 Å². The maximum absolute atomic E-state index is 14.0. The summed E-state index contributed by atoms with van der Waals surface area (Å²) in [5.74, 6) is -1.27. The third kappa shape index (κ3) is 14.0. The van der Waals surface area contributed by atoms with Crippen molar-refractivity contribution in [2.24, 2.45) is 10.8 Å². The van der Waals surface area contributed by atoms with Crippen LogP contribution in [0.25, 0.3) is 10.4 Å². The lowest BCUT2D eigenvalue weighted by molar-refractivity contribution is -0.144. The van der Waals surface area contributed by atoms with Gasteiger partial charge in [-0.2, -0.15) is 18.4 Å². The van der Waals surface area contributed by atoms with Crippen LogP contribution in [0.5, 0.6) is 5.75 Å². The fraction of sp³-hybridized carbons (Fsp3) is 0.491. The van der Waals surface area contributed by atoms with Crippen LogP contribution in [-0.4, -0.2) is 107 Å². The average molecular weight is 1050 g/mol. The number of hydrogen-bond acceptors (Lipinski definition) is 12. The van der Waals surface area contributed by atoms with Crippen LogP contribution in [0, 0.1) is 29.1 Å². The topological polar surface area (TPSA) is 187 Å². The first kappa shape index (κ1) is 56.3. The highest BCUT2D eigenvalue weighted by Gasteiger charge is 2.51. The van der Waals surface area contributed by atoms with Crippen molar-refractivity contribution in [1.82, 2.24) is 20.5 Å². The summed E-state index contributed by atoms with van der Waals surface area (Å²) in [7, 11) is 0. The lowest BCUT2D eigenvalue weighted by Gasteiger charge is -2.35. The number of carbonyl (C=O) groups is 4. The molecule has 15 nitrogen and oxygen atoms in total. The zero-order chi connectivity index (χ0) is 53.5. The van der Waals surface area contributed by atoms with E-state index in [0.29, 0.717) is 44.1 Å². The van der Waals surface area contributed by atoms with Gasteiger partial charge < -0.3 is 39.8 Å². The number of aryl methyl sites for hydroxylation is 1. The zero-order valence-corrected chi connectivity index (χ0v) is 44.1. The van der Waals surface area contributed by atoms with E-state index in [1.165, 1.54) is 11.0 Å². The van der Waals surface area contributed by atoms with E-state index in [-0.39, 0.29) is 54.8 Å². The fourth-order valence-corrected chi connectivity index (χ4v) is 9.92. The molecule has 2 fully saturated rings. The number of nitrogens with zero attached hydrogens (tertiary/aromatic N) is 5. The summed E-state index contributed by atoms with van der Waals surface area (Å²) in [5.41, 5.74) is 1.34. The van der Waals surface area contributed by atoms with Gasteiger partial charge >= 0.3 is 6.18 Å². The molecule has 3 heterocycles. The molecule has 6 rings (SSSR count). The molecule has 0 saturated carbocycles. The number of thiocarbonyl (C=S) groups is 1. The number of nitriles is 1. The third-order valence-electron chi connectivity index (χ3n) is 12.9. The Labute approximate surface area is 434 Å². The summed E-state index contributed by atoms with van der Waals surface area (Å²) in [4.78, 5) is 63.5. The van der Waals surface area contributed by atoms with Crippen molar-refractivity contribution in [2.75, 3.05) is 49.4 Å². The number of halogens is 3. The first-order valence-corrected chi connectivity index (χ1v) is 25.3. The van der Waals surface area contributed by atoms with Gasteiger partial charge in [-0.1, -0.05) is 58.9 Å². The van der Waals surface area contributed by atoms with Crippen LogP contribution in [0.2, 0.25) is 0 Å². The third-order valence-corrected chi connectivity index (χ3v) is 14.3. The molecule has 73 heavy (non-hydrogen) atoms. The van der Waals surface area contributed by atoms with Crippen LogP contribution in [0.1, 0.15) is 96.5 Å². The minimum atomic E-state index is -4.80. The highest BCUT2D eigenvalue weighted by Crippen LogP contribution is 2.40. The second-order valence-electron chi connectivity index (χ2n) is 20.6. The molecule has 1 aromatic heterocycles. The van der Waals surface area contributed by atoms with E-state index < -0.39 is 64.2 Å². The summed E-state index contributed by atoms with van der Waals surface area (Å²) in [6.07, 6.45) is -3.62. The Hall–Kier alpha value is -5.98. The van der Waals surface area contributed by atoms with E-state index in [1.807, 2.05) is 52.0 Å². The largest absolute Gasteiger partial charge is 0.494 e. The summed E-state index contributed by atoms with van der Waals surface area (Å²) in [5, 5.41) is 25.5. The Morgan fingerprint density at radius 2 is 1.62 bits per heavy atom. The normalized spacial score (nSPS) is 17.4. The average Bonchev–Trinajstić information content (AvgIpc) is 3.99. The van der Waals surface area contributed by atoms with Crippen LogP contribution in [0.4, 0.5) is 24.5 Å². The Kier molecular flexibility index (Phi) is 18.1. The molecule has 2 aliphatic rings. The number of aliphatic hydroxyl groups is 1. The summed E-state index contributed by atoms with van der Waals surface area (Å²) < 4.78 is 58.8. The van der Waals surface area contributed by atoms with Gasteiger partial charge in [0, 0.05) is 45.0 Å². The molecule has 1 unspecified atom stereocenters. The number of carbonyl (C=O) groups excluding carboxylic acids is 4. The number of benzene rings is 3. The number of thiazole rings is 1. The van der Waals surface area contributed by atoms with Crippen molar-refractivity contribution in [3.8, 4) is 22.3 Å². The minimum Gasteiger partial charge on any atom is -0.494 e. The minimum absolute atomic E-state index is 0.00238. The van der Waals surface area contributed by atoms with Gasteiger partial charge in [0.05, 0.1) is 51.7 Å². The van der Waals surface area contributed by atoms with Crippen LogP contribution in [0.15, 0.2) is 72.2 Å². The molecule has 4 aromatic rings. The van der Waals surface area contributed by atoms with Gasteiger partial charge in [0.15, 0.2) is 5.11 Å². The Morgan fingerprint density at radius 1 is 0.959 bits per heavy atom. The number of hydrogen-bond donors (Lipinski definition) is 3. The number of alkyl halides is 3. The molecule has 0 aliphatic carbocycles. The monoisotopic (exact) mass is 1050 g/mol. The van der Waals surface area contributed by atoms with E-state index in [2.05, 4.69) is 29.5 Å². The van der Waals surface area contributed by atoms with Gasteiger partial charge in [-0.15, -0.1) is 11.3 Å². The molecular formula is C53H64F3N7O8S2. The number of rotatable bonds is 21. The maximum Gasteiger partial charge on any atom is 0.417 e. The molecule has 0 spiro atoms. The second-order valence-corrected chi connectivity index (χ2v) is 21.8. The summed E-state index contributed by atoms with van der Waals surface area (Å²) in [6, 6.07) is 17.5. The van der Waals surface area contributed by atoms with E-state index in [9.17, 15) is 42.7 Å². The summed E-state index contributed by atoms with van der Waals surface area (Å²) >= 11 is 7.21. The molecule has 2 saturated heterocycles. The molecule has 3 aromatic carbocycles. The molecule has 3 atom stereocenters. The summed E-state index contributed by atoms with van der Waals surface area (Å²) in [6.45, 7) is 16.4. The molecule has 0 radical (unpaired) electrons. The fourth-order valence-electron chi connectivity index (χ4n) is 8.58.